The lowest BCUT2D eigenvalue weighted by Crippen LogP contribution is -2.34. The summed E-state index contributed by atoms with van der Waals surface area (Å²) in [5, 5.41) is 0. The summed E-state index contributed by atoms with van der Waals surface area (Å²) in [7, 11) is 0. The summed E-state index contributed by atoms with van der Waals surface area (Å²) in [6.45, 7) is 2.00. The molecule has 0 heterocycles. The van der Waals surface area contributed by atoms with Crippen LogP contribution in [-0.2, 0) is 4.79 Å². The number of hydrogen-bond donors (Lipinski definition) is 4. The molecule has 19 heavy (non-hydrogen) atoms. The van der Waals surface area contributed by atoms with Crippen molar-refractivity contribution < 1.29 is 19.3 Å². The lowest BCUT2D eigenvalue weighted by Gasteiger charge is -2.20. The second-order valence-corrected chi connectivity index (χ2v) is 8.15. The van der Waals surface area contributed by atoms with Crippen molar-refractivity contribution in [2.45, 2.75) is 32.5 Å². The number of carbonyl (C=O) groups is 1. The predicted octanol–water partition coefficient (Wildman–Crippen LogP) is 1.99. The van der Waals surface area contributed by atoms with Crippen molar-refractivity contribution in [3.05, 3.63) is 29.3 Å². The Morgan fingerprint density at radius 3 is 2.42 bits per heavy atom. The molecule has 1 unspecified atom stereocenters. The van der Waals surface area contributed by atoms with Crippen LogP contribution in [0.15, 0.2) is 18.2 Å². The van der Waals surface area contributed by atoms with Crippen LogP contribution in [0.5, 0.6) is 5.75 Å². The maximum atomic E-state index is 11.3. The van der Waals surface area contributed by atoms with Crippen LogP contribution < -0.4 is 10.5 Å². The van der Waals surface area contributed by atoms with Gasteiger partial charge in [-0.25, -0.2) is 9.79 Å². The second-order valence-electron chi connectivity index (χ2n) is 4.68. The van der Waals surface area contributed by atoms with E-state index in [-0.39, 0.29) is 5.92 Å². The first-order chi connectivity index (χ1) is 8.62. The van der Waals surface area contributed by atoms with Gasteiger partial charge < -0.3 is 10.5 Å². The van der Waals surface area contributed by atoms with E-state index >= 15 is 0 Å². The van der Waals surface area contributed by atoms with Crippen LogP contribution in [0, 0.1) is 6.92 Å². The third-order valence-electron chi connectivity index (χ3n) is 2.59. The van der Waals surface area contributed by atoms with Gasteiger partial charge in [-0.05, 0) is 30.0 Å². The number of thiol groups is 1. The smallest absolute Gasteiger partial charge is 0.377 e. The minimum Gasteiger partial charge on any atom is -0.443 e. The molecule has 106 valence electrons. The van der Waals surface area contributed by atoms with Crippen molar-refractivity contribution in [3.8, 4) is 5.75 Å². The first-order valence-electron chi connectivity index (χ1n) is 5.76. The Hall–Kier alpha value is -0.810. The van der Waals surface area contributed by atoms with Crippen LogP contribution in [0.4, 0.5) is 0 Å². The van der Waals surface area contributed by atoms with Crippen LogP contribution >= 0.6 is 19.2 Å². The highest BCUT2D eigenvalue weighted by Crippen LogP contribution is 2.59. The molecule has 1 atom stereocenters. The molecule has 1 aromatic carbocycles. The van der Waals surface area contributed by atoms with Crippen LogP contribution in [0.2, 0.25) is 0 Å². The Balaban J connectivity index is 3.16. The van der Waals surface area contributed by atoms with Gasteiger partial charge in [-0.2, -0.15) is 0 Å². The highest BCUT2D eigenvalue weighted by atomic mass is 32.7. The molecule has 0 aliphatic carbocycles. The highest BCUT2D eigenvalue weighted by Gasteiger charge is 2.48. The lowest BCUT2D eigenvalue weighted by molar-refractivity contribution is -0.121. The number of ether oxygens (including phenoxy) is 1. The molecule has 0 aliphatic rings. The van der Waals surface area contributed by atoms with Crippen LogP contribution in [0.25, 0.3) is 0 Å². The summed E-state index contributed by atoms with van der Waals surface area (Å²) in [6, 6.07) is 5.53. The maximum Gasteiger partial charge on any atom is 0.377 e. The van der Waals surface area contributed by atoms with Gasteiger partial charge in [0.1, 0.15) is 5.75 Å². The maximum absolute atomic E-state index is 11.3. The Labute approximate surface area is 118 Å². The predicted molar refractivity (Wildman–Crippen MR) is 79.2 cm³/mol. The van der Waals surface area contributed by atoms with Crippen LogP contribution in [0.3, 0.4) is 0 Å². The third kappa shape index (κ3) is 4.35. The van der Waals surface area contributed by atoms with Crippen LogP contribution in [-0.4, -0.2) is 21.5 Å². The molecule has 0 aromatic heterocycles. The second kappa shape index (κ2) is 6.09. The number of primary amides is 1. The average molecular weight is 304 g/mol. The number of hydrogen-bond acceptors (Lipinski definition) is 5. The summed E-state index contributed by atoms with van der Waals surface area (Å²) in [4.78, 5) is 30.3. The van der Waals surface area contributed by atoms with Gasteiger partial charge in [0, 0.05) is 0 Å². The molecule has 0 radical (unpaired) electrons. The quantitative estimate of drug-likeness (QED) is 0.494. The normalized spacial score (nSPS) is 13.4. The molecule has 0 saturated carbocycles. The van der Waals surface area contributed by atoms with Crippen molar-refractivity contribution in [1.82, 2.24) is 0 Å². The Kier molecular flexibility index (Phi) is 5.21. The molecule has 0 aliphatic heterocycles. The summed E-state index contributed by atoms with van der Waals surface area (Å²) in [5.74, 6) is -1.92. The van der Waals surface area contributed by atoms with Crippen molar-refractivity contribution >= 4 is 25.1 Å². The fraction of sp³-hybridized carbons (Fsp3) is 0.417. The summed E-state index contributed by atoms with van der Waals surface area (Å²) in [6.07, 6.45) is 0. The summed E-state index contributed by atoms with van der Waals surface area (Å²) >= 11 is 3.63. The van der Waals surface area contributed by atoms with E-state index in [0.717, 1.165) is 11.1 Å². The van der Waals surface area contributed by atoms with E-state index in [9.17, 15) is 14.6 Å². The van der Waals surface area contributed by atoms with Crippen LogP contribution in [0.1, 0.15) is 30.9 Å². The van der Waals surface area contributed by atoms with E-state index in [2.05, 4.69) is 12.2 Å². The molecule has 0 saturated heterocycles. The van der Waals surface area contributed by atoms with Gasteiger partial charge in [-0.15, -0.1) is 0 Å². The number of nitrogens with two attached hydrogens (primary N) is 1. The van der Waals surface area contributed by atoms with Gasteiger partial charge in [-0.3, -0.25) is 4.79 Å². The third-order valence-corrected chi connectivity index (χ3v) is 4.21. The monoisotopic (exact) mass is 304 g/mol. The summed E-state index contributed by atoms with van der Waals surface area (Å²) < 4.78 is 5.41. The minimum atomic E-state index is -3.81. The zero-order valence-corrected chi connectivity index (χ0v) is 12.9. The Morgan fingerprint density at radius 1 is 1.42 bits per heavy atom. The molecule has 1 amide bonds. The van der Waals surface area contributed by atoms with E-state index in [1.165, 1.54) is 0 Å². The minimum absolute atomic E-state index is 0.161. The van der Waals surface area contributed by atoms with Gasteiger partial charge >= 0.3 is 18.7 Å². The van der Waals surface area contributed by atoms with Gasteiger partial charge in [0.15, 0.2) is 0 Å². The zero-order chi connectivity index (χ0) is 14.8. The van der Waals surface area contributed by atoms with E-state index in [1.807, 2.05) is 32.9 Å². The topological polar surface area (TPSA) is 92.8 Å². The van der Waals surface area contributed by atoms with E-state index < -0.39 is 18.7 Å². The summed E-state index contributed by atoms with van der Waals surface area (Å²) in [5.41, 5.74) is 6.92. The molecular formula is C12H19NO4PS+. The molecule has 0 fully saturated rings. The number of benzene rings is 1. The van der Waals surface area contributed by atoms with Gasteiger partial charge in [0.2, 0.25) is 0 Å². The van der Waals surface area contributed by atoms with Crippen molar-refractivity contribution in [2.75, 3.05) is 0 Å². The number of amides is 1. The molecular weight excluding hydrogens is 285 g/mol. The lowest BCUT2D eigenvalue weighted by atomic mass is 10.0. The SMILES string of the molecule is Cc1ccc(C(C)C)c(OC(C(N)=O)[P+](O)(O)S)c1. The fourth-order valence-corrected chi connectivity index (χ4v) is 2.72. The zero-order valence-electron chi connectivity index (χ0n) is 11.1. The number of rotatable bonds is 5. The Bertz CT molecular complexity index is 473. The van der Waals surface area contributed by atoms with E-state index in [0.29, 0.717) is 5.75 Å². The highest BCUT2D eigenvalue weighted by molar-refractivity contribution is 8.49. The number of aryl methyl sites for hydroxylation is 1. The van der Waals surface area contributed by atoms with Gasteiger partial charge in [0.25, 0.3) is 0 Å². The average Bonchev–Trinajstić information content (AvgIpc) is 2.23. The van der Waals surface area contributed by atoms with Crippen molar-refractivity contribution in [3.63, 3.8) is 0 Å². The molecule has 7 heteroatoms. The standard InChI is InChI=1S/C12H18NO4PS/c1-7(2)9-5-4-8(3)6-10(9)17-12(11(13)14)18(15,16)19/h4-7,12,15-16,19H,1-3H3,(H-,13,14)/p+1. The first kappa shape index (κ1) is 16.2. The molecule has 1 rings (SSSR count). The Morgan fingerprint density at radius 2 is 2.00 bits per heavy atom. The van der Waals surface area contributed by atoms with Gasteiger partial charge in [-0.1, -0.05) is 26.0 Å². The molecule has 0 spiro atoms. The molecule has 5 nitrogen and oxygen atoms in total. The molecule has 4 N–H and O–H groups in total. The van der Waals surface area contributed by atoms with Gasteiger partial charge in [0.05, 0.1) is 12.2 Å². The number of carbonyl (C=O) groups excluding carboxylic acids is 1. The fourth-order valence-electron chi connectivity index (χ4n) is 1.64. The largest absolute Gasteiger partial charge is 0.443 e. The van der Waals surface area contributed by atoms with E-state index in [4.69, 9.17) is 10.5 Å². The first-order valence-corrected chi connectivity index (χ1v) is 8.68. The van der Waals surface area contributed by atoms with Crippen molar-refractivity contribution in [1.29, 1.82) is 0 Å². The van der Waals surface area contributed by atoms with E-state index in [1.54, 1.807) is 6.07 Å². The van der Waals surface area contributed by atoms with Crippen molar-refractivity contribution in [2.24, 2.45) is 5.73 Å². The molecule has 0 bridgehead atoms. The molecule has 1 aromatic rings.